The fraction of sp³-hybridized carbons (Fsp3) is 1.00. The molecule has 0 aromatic carbocycles. The second-order valence-corrected chi connectivity index (χ2v) is 4.89. The van der Waals surface area contributed by atoms with Crippen molar-refractivity contribution in [2.24, 2.45) is 0 Å². The molecule has 4 rings (SSSR count). The first-order chi connectivity index (χ1) is 5.75. The molecule has 68 valence electrons. The summed E-state index contributed by atoms with van der Waals surface area (Å²) in [5.41, 5.74) is 0. The smallest absolute Gasteiger partial charge is 0.0125 e. The second-order valence-electron chi connectivity index (χ2n) is 4.89. The summed E-state index contributed by atoms with van der Waals surface area (Å²) in [6.07, 6.45) is 5.72. The van der Waals surface area contributed by atoms with Gasteiger partial charge in [0.15, 0.2) is 0 Å². The molecule has 2 heteroatoms. The van der Waals surface area contributed by atoms with Crippen LogP contribution in [0.3, 0.4) is 0 Å². The average molecular weight is 166 g/mol. The van der Waals surface area contributed by atoms with Crippen LogP contribution in [0.1, 0.15) is 25.7 Å². The average Bonchev–Trinajstić information content (AvgIpc) is 2.02. The maximum absolute atomic E-state index is 2.64. The van der Waals surface area contributed by atoms with Gasteiger partial charge in [0.05, 0.1) is 0 Å². The van der Waals surface area contributed by atoms with Gasteiger partial charge in [-0.1, -0.05) is 0 Å². The van der Waals surface area contributed by atoms with Crippen molar-refractivity contribution in [1.82, 2.24) is 9.80 Å². The first kappa shape index (κ1) is 7.34. The standard InChI is InChI=1S/C10H18N2/c1-11-7-3-9-5-8(11)6-10(4-7)12(9)2/h7-10H,3-6H2,1-2H3. The third kappa shape index (κ3) is 0.775. The van der Waals surface area contributed by atoms with E-state index in [1.807, 2.05) is 0 Å². The minimum atomic E-state index is 0.920. The molecule has 0 aliphatic carbocycles. The van der Waals surface area contributed by atoms with E-state index in [1.165, 1.54) is 25.7 Å². The van der Waals surface area contributed by atoms with Gasteiger partial charge in [0.25, 0.3) is 0 Å². The molecule has 0 radical (unpaired) electrons. The Balaban J connectivity index is 1.91. The summed E-state index contributed by atoms with van der Waals surface area (Å²) in [5, 5.41) is 0. The maximum Gasteiger partial charge on any atom is 0.0125 e. The number of piperidine rings is 4. The van der Waals surface area contributed by atoms with Gasteiger partial charge in [-0.25, -0.2) is 0 Å². The van der Waals surface area contributed by atoms with Gasteiger partial charge in [-0.2, -0.15) is 0 Å². The topological polar surface area (TPSA) is 6.48 Å². The summed E-state index contributed by atoms with van der Waals surface area (Å²) < 4.78 is 0. The lowest BCUT2D eigenvalue weighted by Crippen LogP contribution is -2.66. The zero-order valence-electron chi connectivity index (χ0n) is 8.03. The molecule has 0 amide bonds. The van der Waals surface area contributed by atoms with E-state index in [4.69, 9.17) is 0 Å². The SMILES string of the molecule is CN1C2CC3CC1CC(C2)N3C. The predicted octanol–water partition coefficient (Wildman–Crippen LogP) is 0.926. The monoisotopic (exact) mass is 166 g/mol. The van der Waals surface area contributed by atoms with Crippen molar-refractivity contribution in [3.63, 3.8) is 0 Å². The van der Waals surface area contributed by atoms with E-state index in [0.717, 1.165) is 24.2 Å². The maximum atomic E-state index is 2.64. The van der Waals surface area contributed by atoms with Crippen LogP contribution in [-0.2, 0) is 0 Å². The van der Waals surface area contributed by atoms with Crippen molar-refractivity contribution < 1.29 is 0 Å². The highest BCUT2D eigenvalue weighted by atomic mass is 15.3. The Morgan fingerprint density at radius 3 is 1.17 bits per heavy atom. The molecule has 4 aliphatic rings. The minimum Gasteiger partial charge on any atom is -0.300 e. The van der Waals surface area contributed by atoms with Crippen LogP contribution < -0.4 is 0 Å². The number of rotatable bonds is 0. The van der Waals surface area contributed by atoms with Crippen molar-refractivity contribution in [2.45, 2.75) is 49.9 Å². The van der Waals surface area contributed by atoms with E-state index in [0.29, 0.717) is 0 Å². The lowest BCUT2D eigenvalue weighted by Gasteiger charge is -2.59. The predicted molar refractivity (Wildman–Crippen MR) is 49.1 cm³/mol. The molecule has 12 heavy (non-hydrogen) atoms. The molecule has 0 N–H and O–H groups in total. The molecule has 2 nitrogen and oxygen atoms in total. The van der Waals surface area contributed by atoms with Crippen molar-refractivity contribution >= 4 is 0 Å². The van der Waals surface area contributed by atoms with Crippen molar-refractivity contribution in [3.05, 3.63) is 0 Å². The molecule has 4 bridgehead atoms. The van der Waals surface area contributed by atoms with Crippen LogP contribution in [0.4, 0.5) is 0 Å². The van der Waals surface area contributed by atoms with Crippen LogP contribution >= 0.6 is 0 Å². The Bertz CT molecular complexity index is 154. The van der Waals surface area contributed by atoms with Gasteiger partial charge in [0.1, 0.15) is 0 Å². The van der Waals surface area contributed by atoms with Gasteiger partial charge < -0.3 is 9.80 Å². The summed E-state index contributed by atoms with van der Waals surface area (Å²) in [6.45, 7) is 0. The van der Waals surface area contributed by atoms with Crippen LogP contribution in [0.15, 0.2) is 0 Å². The molecule has 0 aromatic rings. The third-order valence-corrected chi connectivity index (χ3v) is 4.48. The van der Waals surface area contributed by atoms with Crippen molar-refractivity contribution in [3.8, 4) is 0 Å². The highest BCUT2D eigenvalue weighted by Crippen LogP contribution is 2.42. The first-order valence-electron chi connectivity index (χ1n) is 5.19. The molecule has 4 saturated heterocycles. The number of hydrogen-bond donors (Lipinski definition) is 0. The molecule has 0 spiro atoms. The van der Waals surface area contributed by atoms with Gasteiger partial charge in [-0.3, -0.25) is 0 Å². The lowest BCUT2D eigenvalue weighted by atomic mass is 9.73. The van der Waals surface area contributed by atoms with Gasteiger partial charge in [-0.15, -0.1) is 0 Å². The second kappa shape index (κ2) is 2.24. The Kier molecular flexibility index (Phi) is 1.37. The van der Waals surface area contributed by atoms with Gasteiger partial charge in [0.2, 0.25) is 0 Å². The molecule has 0 saturated carbocycles. The van der Waals surface area contributed by atoms with Gasteiger partial charge in [-0.05, 0) is 39.8 Å². The van der Waals surface area contributed by atoms with Crippen LogP contribution in [0.2, 0.25) is 0 Å². The van der Waals surface area contributed by atoms with Crippen LogP contribution in [0.25, 0.3) is 0 Å². The summed E-state index contributed by atoms with van der Waals surface area (Å²) in [7, 11) is 4.65. The van der Waals surface area contributed by atoms with E-state index in [-0.39, 0.29) is 0 Å². The Morgan fingerprint density at radius 2 is 0.917 bits per heavy atom. The lowest BCUT2D eigenvalue weighted by molar-refractivity contribution is -0.0843. The molecule has 0 aromatic heterocycles. The molecule has 4 aliphatic heterocycles. The normalized spacial score (nSPS) is 53.5. The summed E-state index contributed by atoms with van der Waals surface area (Å²) in [6, 6.07) is 3.68. The fourth-order valence-electron chi connectivity index (χ4n) is 3.57. The zero-order chi connectivity index (χ0) is 8.29. The highest BCUT2D eigenvalue weighted by Gasteiger charge is 2.47. The van der Waals surface area contributed by atoms with E-state index in [2.05, 4.69) is 23.9 Å². The highest BCUT2D eigenvalue weighted by molar-refractivity contribution is 5.04. The molecular weight excluding hydrogens is 148 g/mol. The minimum absolute atomic E-state index is 0.920. The Labute approximate surface area is 74.5 Å². The molecule has 4 heterocycles. The zero-order valence-corrected chi connectivity index (χ0v) is 8.03. The van der Waals surface area contributed by atoms with Gasteiger partial charge >= 0.3 is 0 Å². The number of nitrogens with zero attached hydrogens (tertiary/aromatic N) is 2. The largest absolute Gasteiger partial charge is 0.300 e. The number of hydrogen-bond acceptors (Lipinski definition) is 2. The van der Waals surface area contributed by atoms with Crippen molar-refractivity contribution in [1.29, 1.82) is 0 Å². The first-order valence-corrected chi connectivity index (χ1v) is 5.19. The molecule has 0 unspecified atom stereocenters. The van der Waals surface area contributed by atoms with E-state index >= 15 is 0 Å². The van der Waals surface area contributed by atoms with E-state index in [1.54, 1.807) is 0 Å². The summed E-state index contributed by atoms with van der Waals surface area (Å²) in [5.74, 6) is 0. The molecule has 4 fully saturated rings. The quantitative estimate of drug-likeness (QED) is 0.528. The Morgan fingerprint density at radius 1 is 0.667 bits per heavy atom. The molecule has 0 atom stereocenters. The summed E-state index contributed by atoms with van der Waals surface area (Å²) >= 11 is 0. The van der Waals surface area contributed by atoms with Crippen LogP contribution in [-0.4, -0.2) is 48.1 Å². The van der Waals surface area contributed by atoms with Crippen LogP contribution in [0.5, 0.6) is 0 Å². The van der Waals surface area contributed by atoms with E-state index < -0.39 is 0 Å². The fourth-order valence-corrected chi connectivity index (χ4v) is 3.57. The van der Waals surface area contributed by atoms with Crippen molar-refractivity contribution in [2.75, 3.05) is 14.1 Å². The van der Waals surface area contributed by atoms with Crippen LogP contribution in [0, 0.1) is 0 Å². The summed E-state index contributed by atoms with van der Waals surface area (Å²) in [4.78, 5) is 5.28. The van der Waals surface area contributed by atoms with Gasteiger partial charge in [0, 0.05) is 24.2 Å². The van der Waals surface area contributed by atoms with E-state index in [9.17, 15) is 0 Å². The molecular formula is C10H18N2. The third-order valence-electron chi connectivity index (χ3n) is 4.48. The Hall–Kier alpha value is -0.0800.